The highest BCUT2D eigenvalue weighted by atomic mass is 15.1. The first kappa shape index (κ1) is 14.1. The van der Waals surface area contributed by atoms with Gasteiger partial charge in [0, 0.05) is 13.1 Å². The number of nitrogens with one attached hydrogen (secondary N) is 1. The van der Waals surface area contributed by atoms with Crippen LogP contribution in [0.2, 0.25) is 0 Å². The van der Waals surface area contributed by atoms with E-state index in [1.807, 2.05) is 12.4 Å². The molecule has 0 atom stereocenters. The summed E-state index contributed by atoms with van der Waals surface area (Å²) in [5, 5.41) is 3.55. The Balaban J connectivity index is 2.03. The zero-order valence-corrected chi connectivity index (χ0v) is 12.5. The number of rotatable bonds is 6. The van der Waals surface area contributed by atoms with Crippen molar-refractivity contribution in [1.29, 1.82) is 0 Å². The van der Waals surface area contributed by atoms with E-state index < -0.39 is 0 Å². The lowest BCUT2D eigenvalue weighted by Crippen LogP contribution is -2.34. The maximum absolute atomic E-state index is 4.45. The van der Waals surface area contributed by atoms with Crippen molar-refractivity contribution >= 4 is 11.0 Å². The van der Waals surface area contributed by atoms with E-state index in [2.05, 4.69) is 60.8 Å². The van der Waals surface area contributed by atoms with Gasteiger partial charge in [0.15, 0.2) is 0 Å². The molecule has 0 bridgehead atoms. The monoisotopic (exact) mass is 259 g/mol. The Labute approximate surface area is 116 Å². The van der Waals surface area contributed by atoms with Gasteiger partial charge >= 0.3 is 0 Å². The van der Waals surface area contributed by atoms with E-state index in [4.69, 9.17) is 0 Å². The Morgan fingerprint density at radius 2 is 2.00 bits per heavy atom. The summed E-state index contributed by atoms with van der Waals surface area (Å²) in [7, 11) is 0. The molecule has 0 aliphatic carbocycles. The fraction of sp³-hybridized carbons (Fsp3) is 0.562. The van der Waals surface area contributed by atoms with Gasteiger partial charge in [-0.2, -0.15) is 0 Å². The van der Waals surface area contributed by atoms with E-state index in [1.165, 1.54) is 5.52 Å². The number of hydrogen-bond acceptors (Lipinski definition) is 2. The summed E-state index contributed by atoms with van der Waals surface area (Å²) in [6.45, 7) is 12.2. The summed E-state index contributed by atoms with van der Waals surface area (Å²) < 4.78 is 2.26. The molecule has 0 fully saturated rings. The lowest BCUT2D eigenvalue weighted by molar-refractivity contribution is 0.288. The predicted molar refractivity (Wildman–Crippen MR) is 81.2 cm³/mol. The molecule has 0 aliphatic rings. The maximum Gasteiger partial charge on any atom is 0.0958 e. The van der Waals surface area contributed by atoms with Gasteiger partial charge in [-0.3, -0.25) is 0 Å². The molecule has 19 heavy (non-hydrogen) atoms. The molecule has 3 heteroatoms. The molecule has 0 amide bonds. The highest BCUT2D eigenvalue weighted by Crippen LogP contribution is 2.21. The fourth-order valence-electron chi connectivity index (χ4n) is 2.35. The summed E-state index contributed by atoms with van der Waals surface area (Å²) in [5.74, 6) is 0.699. The largest absolute Gasteiger partial charge is 0.330 e. The smallest absolute Gasteiger partial charge is 0.0958 e. The van der Waals surface area contributed by atoms with Crippen molar-refractivity contribution < 1.29 is 0 Å². The van der Waals surface area contributed by atoms with Crippen LogP contribution in [0, 0.1) is 11.3 Å². The van der Waals surface area contributed by atoms with Gasteiger partial charge in [0.1, 0.15) is 0 Å². The molecule has 0 radical (unpaired) electrons. The number of nitrogens with zero attached hydrogens (tertiary/aromatic N) is 2. The van der Waals surface area contributed by atoms with E-state index in [0.717, 1.165) is 25.2 Å². The zero-order valence-electron chi connectivity index (χ0n) is 12.5. The normalized spacial score (nSPS) is 12.5. The minimum Gasteiger partial charge on any atom is -0.330 e. The van der Waals surface area contributed by atoms with Crippen molar-refractivity contribution in [3.8, 4) is 0 Å². The first-order chi connectivity index (χ1) is 8.98. The third-order valence-corrected chi connectivity index (χ3v) is 3.28. The molecule has 1 aromatic carbocycles. The number of hydrogen-bond donors (Lipinski definition) is 1. The summed E-state index contributed by atoms with van der Waals surface area (Å²) in [6.07, 6.45) is 1.95. The highest BCUT2D eigenvalue weighted by molar-refractivity contribution is 5.74. The van der Waals surface area contributed by atoms with Crippen molar-refractivity contribution in [2.45, 2.75) is 34.2 Å². The number of imidazole rings is 1. The van der Waals surface area contributed by atoms with Gasteiger partial charge in [-0.1, -0.05) is 39.8 Å². The summed E-state index contributed by atoms with van der Waals surface area (Å²) in [6, 6.07) is 8.31. The van der Waals surface area contributed by atoms with Crippen LogP contribution in [0.4, 0.5) is 0 Å². The van der Waals surface area contributed by atoms with Gasteiger partial charge in [-0.15, -0.1) is 0 Å². The van der Waals surface area contributed by atoms with Crippen LogP contribution in [0.5, 0.6) is 0 Å². The Morgan fingerprint density at radius 1 is 1.26 bits per heavy atom. The van der Waals surface area contributed by atoms with Gasteiger partial charge in [0.25, 0.3) is 0 Å². The first-order valence-corrected chi connectivity index (χ1v) is 7.08. The molecule has 0 saturated heterocycles. The minimum atomic E-state index is 0.221. The van der Waals surface area contributed by atoms with Crippen molar-refractivity contribution in [3.63, 3.8) is 0 Å². The Bertz CT molecular complexity index is 526. The number of fused-ring (bicyclic) bond motifs is 1. The van der Waals surface area contributed by atoms with Crippen LogP contribution in [-0.2, 0) is 6.54 Å². The van der Waals surface area contributed by atoms with Crippen molar-refractivity contribution in [2.24, 2.45) is 11.3 Å². The second-order valence-corrected chi connectivity index (χ2v) is 6.55. The molecule has 0 unspecified atom stereocenters. The topological polar surface area (TPSA) is 29.9 Å². The number of benzene rings is 1. The first-order valence-electron chi connectivity index (χ1n) is 7.08. The molecule has 3 nitrogen and oxygen atoms in total. The van der Waals surface area contributed by atoms with Gasteiger partial charge in [-0.05, 0) is 30.0 Å². The molecule has 2 rings (SSSR count). The lowest BCUT2D eigenvalue weighted by Gasteiger charge is -2.26. The standard InChI is InChI=1S/C16H25N3/c1-13(2)9-17-10-16(3,4)11-19-12-18-14-7-5-6-8-15(14)19/h5-8,12-13,17H,9-11H2,1-4H3. The molecule has 1 N–H and O–H groups in total. The fourth-order valence-corrected chi connectivity index (χ4v) is 2.35. The van der Waals surface area contributed by atoms with Gasteiger partial charge in [0.2, 0.25) is 0 Å². The Kier molecular flexibility index (Phi) is 4.25. The Hall–Kier alpha value is -1.35. The van der Waals surface area contributed by atoms with E-state index in [1.54, 1.807) is 0 Å². The van der Waals surface area contributed by atoms with Gasteiger partial charge in [0.05, 0.1) is 17.4 Å². The van der Waals surface area contributed by atoms with Crippen LogP contribution in [-0.4, -0.2) is 22.6 Å². The van der Waals surface area contributed by atoms with Crippen molar-refractivity contribution in [3.05, 3.63) is 30.6 Å². The summed E-state index contributed by atoms with van der Waals surface area (Å²) >= 11 is 0. The van der Waals surface area contributed by atoms with Crippen LogP contribution < -0.4 is 5.32 Å². The third kappa shape index (κ3) is 3.80. The van der Waals surface area contributed by atoms with Crippen LogP contribution in [0.25, 0.3) is 11.0 Å². The highest BCUT2D eigenvalue weighted by Gasteiger charge is 2.19. The van der Waals surface area contributed by atoms with Crippen LogP contribution in [0.15, 0.2) is 30.6 Å². The molecule has 2 aromatic rings. The van der Waals surface area contributed by atoms with Crippen molar-refractivity contribution in [1.82, 2.24) is 14.9 Å². The minimum absolute atomic E-state index is 0.221. The van der Waals surface area contributed by atoms with Crippen molar-refractivity contribution in [2.75, 3.05) is 13.1 Å². The van der Waals surface area contributed by atoms with E-state index in [-0.39, 0.29) is 5.41 Å². The average molecular weight is 259 g/mol. The van der Waals surface area contributed by atoms with E-state index >= 15 is 0 Å². The lowest BCUT2D eigenvalue weighted by atomic mass is 9.93. The number of para-hydroxylation sites is 2. The second kappa shape index (κ2) is 5.74. The van der Waals surface area contributed by atoms with Crippen LogP contribution in [0.3, 0.4) is 0 Å². The van der Waals surface area contributed by atoms with E-state index in [9.17, 15) is 0 Å². The van der Waals surface area contributed by atoms with Crippen LogP contribution >= 0.6 is 0 Å². The molecule has 0 spiro atoms. The molecule has 0 saturated carbocycles. The Morgan fingerprint density at radius 3 is 2.74 bits per heavy atom. The summed E-state index contributed by atoms with van der Waals surface area (Å²) in [5.41, 5.74) is 2.52. The zero-order chi connectivity index (χ0) is 13.9. The van der Waals surface area contributed by atoms with Crippen LogP contribution in [0.1, 0.15) is 27.7 Å². The molecule has 0 aliphatic heterocycles. The SMILES string of the molecule is CC(C)CNCC(C)(C)Cn1cnc2ccccc21. The molecular formula is C16H25N3. The third-order valence-electron chi connectivity index (χ3n) is 3.28. The molecule has 104 valence electrons. The van der Waals surface area contributed by atoms with Gasteiger partial charge < -0.3 is 9.88 Å². The predicted octanol–water partition coefficient (Wildman–Crippen LogP) is 3.31. The molecular weight excluding hydrogens is 234 g/mol. The second-order valence-electron chi connectivity index (χ2n) is 6.55. The maximum atomic E-state index is 4.45. The molecule has 1 heterocycles. The van der Waals surface area contributed by atoms with Gasteiger partial charge in [-0.25, -0.2) is 4.98 Å². The summed E-state index contributed by atoms with van der Waals surface area (Å²) in [4.78, 5) is 4.45. The molecule has 1 aromatic heterocycles. The quantitative estimate of drug-likeness (QED) is 0.862. The average Bonchev–Trinajstić information content (AvgIpc) is 2.71. The van der Waals surface area contributed by atoms with E-state index in [0.29, 0.717) is 5.92 Å². The number of aromatic nitrogens is 2.